The number of benzene rings is 1. The summed E-state index contributed by atoms with van der Waals surface area (Å²) in [4.78, 5) is 0. The molecule has 2 nitrogen and oxygen atoms in total. The Bertz CT molecular complexity index is 221. The van der Waals surface area contributed by atoms with Gasteiger partial charge in [0.05, 0.1) is 0 Å². The van der Waals surface area contributed by atoms with Crippen LogP contribution in [0.4, 0.5) is 0 Å². The number of hydrogen-bond donors (Lipinski definition) is 2. The van der Waals surface area contributed by atoms with E-state index in [-0.39, 0.29) is 6.04 Å². The van der Waals surface area contributed by atoms with Gasteiger partial charge in [0.1, 0.15) is 0 Å². The van der Waals surface area contributed by atoms with Crippen LogP contribution in [0.3, 0.4) is 0 Å². The molecule has 0 radical (unpaired) electrons. The van der Waals surface area contributed by atoms with Gasteiger partial charge in [-0.3, -0.25) is 0 Å². The monoisotopic (exact) mass is 208 g/mol. The molecule has 15 heavy (non-hydrogen) atoms. The molecule has 1 unspecified atom stereocenters. The van der Waals surface area contributed by atoms with Gasteiger partial charge < -0.3 is 11.1 Å². The molecule has 86 valence electrons. The highest BCUT2D eigenvalue weighted by molar-refractivity contribution is 5.15. The van der Waals surface area contributed by atoms with Crippen LogP contribution in [0.15, 0.2) is 30.3 Å². The Balaban J connectivity index is 0.000000921. The van der Waals surface area contributed by atoms with E-state index in [1.165, 1.54) is 5.56 Å². The lowest BCUT2D eigenvalue weighted by Crippen LogP contribution is -2.27. The molecular formula is C13H24N2. The molecule has 0 aliphatic heterocycles. The Hall–Kier alpha value is -0.860. The minimum Gasteiger partial charge on any atom is -0.327 e. The van der Waals surface area contributed by atoms with Crippen molar-refractivity contribution in [2.45, 2.75) is 32.7 Å². The molecule has 3 N–H and O–H groups in total. The number of nitrogens with one attached hydrogen (secondary N) is 1. The molecule has 0 spiro atoms. The van der Waals surface area contributed by atoms with Crippen molar-refractivity contribution < 1.29 is 0 Å². The van der Waals surface area contributed by atoms with Crippen LogP contribution in [0.25, 0.3) is 0 Å². The molecule has 1 aromatic carbocycles. The summed E-state index contributed by atoms with van der Waals surface area (Å²) in [5.41, 5.74) is 7.28. The van der Waals surface area contributed by atoms with Crippen LogP contribution in [0.1, 0.15) is 25.8 Å². The lowest BCUT2D eigenvalue weighted by atomic mass is 10.0. The third kappa shape index (κ3) is 7.11. The van der Waals surface area contributed by atoms with Crippen molar-refractivity contribution in [2.24, 2.45) is 5.73 Å². The fraction of sp³-hybridized carbons (Fsp3) is 0.538. The number of hydrogen-bond acceptors (Lipinski definition) is 2. The molecule has 1 rings (SSSR count). The van der Waals surface area contributed by atoms with Crippen molar-refractivity contribution in [3.8, 4) is 0 Å². The van der Waals surface area contributed by atoms with Gasteiger partial charge in [0.15, 0.2) is 0 Å². The summed E-state index contributed by atoms with van der Waals surface area (Å²) in [6, 6.07) is 10.7. The fourth-order valence-corrected chi connectivity index (χ4v) is 1.35. The van der Waals surface area contributed by atoms with Gasteiger partial charge in [-0.25, -0.2) is 0 Å². The maximum Gasteiger partial charge on any atom is 0.00914 e. The highest BCUT2D eigenvalue weighted by Gasteiger charge is 2.01. The summed E-state index contributed by atoms with van der Waals surface area (Å²) in [5, 5.41) is 3.10. The van der Waals surface area contributed by atoms with Gasteiger partial charge in [-0.2, -0.15) is 0 Å². The summed E-state index contributed by atoms with van der Waals surface area (Å²) in [5.74, 6) is 0. The standard InChI is InChI=1S/C11H18N2.C2H6/c1-13-8-7-11(12)9-10-5-3-2-4-6-10;1-2/h2-6,11,13H,7-9,12H2,1H3;1-2H3. The second-order valence-electron chi connectivity index (χ2n) is 3.34. The Labute approximate surface area is 93.9 Å². The highest BCUT2D eigenvalue weighted by atomic mass is 14.8. The van der Waals surface area contributed by atoms with E-state index in [1.54, 1.807) is 0 Å². The smallest absolute Gasteiger partial charge is 0.00914 e. The zero-order valence-corrected chi connectivity index (χ0v) is 10.2. The average Bonchev–Trinajstić information content (AvgIpc) is 2.30. The second-order valence-corrected chi connectivity index (χ2v) is 3.34. The molecule has 0 fully saturated rings. The molecule has 1 atom stereocenters. The molecule has 0 aliphatic carbocycles. The summed E-state index contributed by atoms with van der Waals surface area (Å²) in [7, 11) is 1.95. The quantitative estimate of drug-likeness (QED) is 0.778. The first kappa shape index (κ1) is 14.1. The van der Waals surface area contributed by atoms with Crippen LogP contribution in [-0.2, 0) is 6.42 Å². The second kappa shape index (κ2) is 9.69. The van der Waals surface area contributed by atoms with Gasteiger partial charge >= 0.3 is 0 Å². The third-order valence-electron chi connectivity index (χ3n) is 2.11. The van der Waals surface area contributed by atoms with E-state index in [4.69, 9.17) is 5.73 Å². The van der Waals surface area contributed by atoms with Crippen LogP contribution in [0, 0.1) is 0 Å². The molecule has 0 saturated heterocycles. The summed E-state index contributed by atoms with van der Waals surface area (Å²) >= 11 is 0. The zero-order valence-electron chi connectivity index (χ0n) is 10.2. The van der Waals surface area contributed by atoms with Crippen molar-refractivity contribution in [2.75, 3.05) is 13.6 Å². The normalized spacial score (nSPS) is 11.5. The van der Waals surface area contributed by atoms with Gasteiger partial charge in [0, 0.05) is 6.04 Å². The lowest BCUT2D eigenvalue weighted by molar-refractivity contribution is 0.585. The van der Waals surface area contributed by atoms with Crippen LogP contribution >= 0.6 is 0 Å². The minimum atomic E-state index is 0.273. The molecule has 0 amide bonds. The van der Waals surface area contributed by atoms with Crippen LogP contribution in [-0.4, -0.2) is 19.6 Å². The third-order valence-corrected chi connectivity index (χ3v) is 2.11. The Morgan fingerprint density at radius 2 is 1.80 bits per heavy atom. The van der Waals surface area contributed by atoms with E-state index >= 15 is 0 Å². The fourth-order valence-electron chi connectivity index (χ4n) is 1.35. The zero-order chi connectivity index (χ0) is 11.5. The first-order chi connectivity index (χ1) is 7.33. The van der Waals surface area contributed by atoms with Gasteiger partial charge in [0.25, 0.3) is 0 Å². The number of nitrogens with two attached hydrogens (primary N) is 1. The molecule has 1 aromatic rings. The molecule has 0 aliphatic rings. The van der Waals surface area contributed by atoms with E-state index < -0.39 is 0 Å². The Morgan fingerprint density at radius 1 is 1.20 bits per heavy atom. The largest absolute Gasteiger partial charge is 0.327 e. The summed E-state index contributed by atoms with van der Waals surface area (Å²) in [6.45, 7) is 4.99. The van der Waals surface area contributed by atoms with E-state index in [1.807, 2.05) is 27.0 Å². The number of rotatable bonds is 5. The van der Waals surface area contributed by atoms with E-state index in [9.17, 15) is 0 Å². The molecule has 0 saturated carbocycles. The van der Waals surface area contributed by atoms with Gasteiger partial charge in [-0.05, 0) is 32.0 Å². The molecule has 0 heterocycles. The van der Waals surface area contributed by atoms with Gasteiger partial charge in [-0.1, -0.05) is 44.2 Å². The molecule has 0 aromatic heterocycles. The SMILES string of the molecule is CC.CNCCC(N)Cc1ccccc1. The predicted octanol–water partition coefficient (Wildman–Crippen LogP) is 2.19. The topological polar surface area (TPSA) is 38.0 Å². The first-order valence-electron chi connectivity index (χ1n) is 5.77. The van der Waals surface area contributed by atoms with Crippen molar-refractivity contribution in [1.82, 2.24) is 5.32 Å². The van der Waals surface area contributed by atoms with Crippen molar-refractivity contribution in [3.05, 3.63) is 35.9 Å². The van der Waals surface area contributed by atoms with Crippen molar-refractivity contribution in [1.29, 1.82) is 0 Å². The van der Waals surface area contributed by atoms with E-state index in [0.717, 1.165) is 19.4 Å². The summed E-state index contributed by atoms with van der Waals surface area (Å²) < 4.78 is 0. The van der Waals surface area contributed by atoms with Crippen molar-refractivity contribution >= 4 is 0 Å². The summed E-state index contributed by atoms with van der Waals surface area (Å²) in [6.07, 6.45) is 2.01. The minimum absolute atomic E-state index is 0.273. The maximum atomic E-state index is 5.95. The molecule has 0 bridgehead atoms. The maximum absolute atomic E-state index is 5.95. The Morgan fingerprint density at radius 3 is 2.33 bits per heavy atom. The van der Waals surface area contributed by atoms with Crippen LogP contribution in [0.5, 0.6) is 0 Å². The highest BCUT2D eigenvalue weighted by Crippen LogP contribution is 2.03. The lowest BCUT2D eigenvalue weighted by Gasteiger charge is -2.10. The van der Waals surface area contributed by atoms with E-state index in [2.05, 4.69) is 29.6 Å². The average molecular weight is 208 g/mol. The van der Waals surface area contributed by atoms with Gasteiger partial charge in [-0.15, -0.1) is 0 Å². The van der Waals surface area contributed by atoms with Crippen LogP contribution in [0.2, 0.25) is 0 Å². The molecular weight excluding hydrogens is 184 g/mol. The van der Waals surface area contributed by atoms with Crippen LogP contribution < -0.4 is 11.1 Å². The van der Waals surface area contributed by atoms with Gasteiger partial charge in [0.2, 0.25) is 0 Å². The van der Waals surface area contributed by atoms with E-state index in [0.29, 0.717) is 0 Å². The predicted molar refractivity (Wildman–Crippen MR) is 68.0 cm³/mol. The first-order valence-corrected chi connectivity index (χ1v) is 5.77. The van der Waals surface area contributed by atoms with Crippen molar-refractivity contribution in [3.63, 3.8) is 0 Å². The Kier molecular flexibility index (Phi) is 9.13. The molecule has 2 heteroatoms.